The minimum Gasteiger partial charge on any atom is -0.465 e. The Morgan fingerprint density at radius 2 is 1.68 bits per heavy atom. The number of anilines is 1. The number of rotatable bonds is 8. The first-order valence-electron chi connectivity index (χ1n) is 10.1. The summed E-state index contributed by atoms with van der Waals surface area (Å²) in [6, 6.07) is 16.8. The molecule has 0 spiro atoms. The third-order valence-corrected chi connectivity index (χ3v) is 5.21. The number of non-ortho nitro benzene ring substituents is 1. The van der Waals surface area contributed by atoms with Gasteiger partial charge in [0, 0.05) is 18.7 Å². The molecule has 0 aliphatic heterocycles. The van der Waals surface area contributed by atoms with Crippen LogP contribution < -0.4 is 10.6 Å². The molecule has 0 aromatic heterocycles. The average Bonchev–Trinajstić information content (AvgIpc) is 2.84. The summed E-state index contributed by atoms with van der Waals surface area (Å²) in [5.74, 6) is -1.42. The second kappa shape index (κ2) is 11.1. The number of nitro groups is 1. The number of nitrogens with zero attached hydrogens (tertiary/aromatic N) is 1. The van der Waals surface area contributed by atoms with Crippen molar-refractivity contribution in [2.24, 2.45) is 0 Å². The number of ether oxygens (including phenoxy) is 1. The summed E-state index contributed by atoms with van der Waals surface area (Å²) in [6.07, 6.45) is 0.528. The van der Waals surface area contributed by atoms with E-state index in [1.54, 1.807) is 48.5 Å². The number of carbonyl (C=O) groups excluding carboxylic acids is 3. The Bertz CT molecular complexity index is 1240. The van der Waals surface area contributed by atoms with Gasteiger partial charge in [0.2, 0.25) is 0 Å². The van der Waals surface area contributed by atoms with E-state index in [0.717, 1.165) is 11.6 Å². The van der Waals surface area contributed by atoms with Gasteiger partial charge in [-0.2, -0.15) is 0 Å². The number of halogens is 1. The van der Waals surface area contributed by atoms with Crippen LogP contribution >= 0.6 is 11.6 Å². The van der Waals surface area contributed by atoms with Crippen LogP contribution in [-0.4, -0.2) is 36.4 Å². The topological polar surface area (TPSA) is 128 Å². The van der Waals surface area contributed by atoms with Crippen LogP contribution in [0.25, 0.3) is 0 Å². The maximum atomic E-state index is 12.7. The first kappa shape index (κ1) is 24.4. The van der Waals surface area contributed by atoms with Gasteiger partial charge in [0.25, 0.3) is 17.5 Å². The molecule has 9 nitrogen and oxygen atoms in total. The third kappa shape index (κ3) is 5.96. The molecule has 0 bridgehead atoms. The van der Waals surface area contributed by atoms with Gasteiger partial charge in [-0.25, -0.2) is 4.79 Å². The number of para-hydroxylation sites is 1. The van der Waals surface area contributed by atoms with E-state index in [4.69, 9.17) is 11.6 Å². The van der Waals surface area contributed by atoms with E-state index in [2.05, 4.69) is 15.4 Å². The van der Waals surface area contributed by atoms with E-state index in [1.807, 2.05) is 0 Å². The SMILES string of the molecule is COC(=O)c1ccc(CCNC(=O)c2ccccc2NC(=O)c2ccc([N+](=O)[O-])cc2Cl)cc1. The minimum absolute atomic E-state index is 0.0397. The summed E-state index contributed by atoms with van der Waals surface area (Å²) in [5.41, 5.74) is 1.67. The summed E-state index contributed by atoms with van der Waals surface area (Å²) >= 11 is 6.03. The lowest BCUT2D eigenvalue weighted by Gasteiger charge is -2.12. The fourth-order valence-electron chi connectivity index (χ4n) is 3.12. The van der Waals surface area contributed by atoms with Crippen LogP contribution in [0.3, 0.4) is 0 Å². The fraction of sp³-hybridized carbons (Fsp3) is 0.125. The normalized spacial score (nSPS) is 10.3. The standard InChI is InChI=1S/C24H20ClN3O6/c1-34-24(31)16-8-6-15(7-9-16)12-13-26-22(29)19-4-2-3-5-21(19)27-23(30)18-11-10-17(28(32)33)14-20(18)25/h2-11,14H,12-13H2,1H3,(H,26,29)(H,27,30). The maximum absolute atomic E-state index is 12.7. The molecule has 34 heavy (non-hydrogen) atoms. The third-order valence-electron chi connectivity index (χ3n) is 4.90. The van der Waals surface area contributed by atoms with Gasteiger partial charge in [-0.3, -0.25) is 19.7 Å². The summed E-state index contributed by atoms with van der Waals surface area (Å²) in [5, 5.41) is 16.2. The Hall–Kier alpha value is -4.24. The molecule has 2 amide bonds. The van der Waals surface area contributed by atoms with E-state index in [-0.39, 0.29) is 27.5 Å². The van der Waals surface area contributed by atoms with Crippen LogP contribution in [0, 0.1) is 10.1 Å². The molecular formula is C24H20ClN3O6. The fourth-order valence-corrected chi connectivity index (χ4v) is 3.38. The number of nitro benzene ring substituents is 1. The Labute approximate surface area is 199 Å². The van der Waals surface area contributed by atoms with Crippen LogP contribution in [0.5, 0.6) is 0 Å². The maximum Gasteiger partial charge on any atom is 0.337 e. The second-order valence-corrected chi connectivity index (χ2v) is 7.52. The number of amides is 2. The average molecular weight is 482 g/mol. The number of hydrogen-bond acceptors (Lipinski definition) is 6. The highest BCUT2D eigenvalue weighted by atomic mass is 35.5. The number of carbonyl (C=O) groups is 3. The highest BCUT2D eigenvalue weighted by Gasteiger charge is 2.18. The van der Waals surface area contributed by atoms with Crippen LogP contribution in [-0.2, 0) is 11.2 Å². The molecule has 0 saturated heterocycles. The molecule has 3 rings (SSSR count). The van der Waals surface area contributed by atoms with Crippen molar-refractivity contribution in [3.8, 4) is 0 Å². The Morgan fingerprint density at radius 3 is 2.32 bits per heavy atom. The zero-order chi connectivity index (χ0) is 24.7. The van der Waals surface area contributed by atoms with Crippen molar-refractivity contribution in [2.45, 2.75) is 6.42 Å². The summed E-state index contributed by atoms with van der Waals surface area (Å²) in [7, 11) is 1.31. The van der Waals surface area contributed by atoms with Crippen molar-refractivity contribution in [1.82, 2.24) is 5.32 Å². The first-order valence-corrected chi connectivity index (χ1v) is 10.5. The first-order chi connectivity index (χ1) is 16.3. The van der Waals surface area contributed by atoms with Crippen molar-refractivity contribution in [3.05, 3.63) is 104 Å². The number of esters is 1. The number of benzene rings is 3. The molecule has 0 unspecified atom stereocenters. The van der Waals surface area contributed by atoms with Gasteiger partial charge in [-0.1, -0.05) is 35.9 Å². The summed E-state index contributed by atoms with van der Waals surface area (Å²) in [4.78, 5) is 47.1. The molecule has 174 valence electrons. The predicted molar refractivity (Wildman–Crippen MR) is 126 cm³/mol. The van der Waals surface area contributed by atoms with E-state index in [1.165, 1.54) is 19.2 Å². The Balaban J connectivity index is 1.64. The largest absolute Gasteiger partial charge is 0.465 e. The van der Waals surface area contributed by atoms with Crippen molar-refractivity contribution < 1.29 is 24.0 Å². The molecular weight excluding hydrogens is 462 g/mol. The molecule has 3 aromatic rings. The molecule has 2 N–H and O–H groups in total. The lowest BCUT2D eigenvalue weighted by molar-refractivity contribution is -0.384. The lowest BCUT2D eigenvalue weighted by atomic mass is 10.1. The summed E-state index contributed by atoms with van der Waals surface area (Å²) in [6.45, 7) is 0.326. The molecule has 0 atom stereocenters. The van der Waals surface area contributed by atoms with Gasteiger partial charge in [-0.05, 0) is 42.3 Å². The van der Waals surface area contributed by atoms with Crippen LogP contribution in [0.2, 0.25) is 5.02 Å². The zero-order valence-electron chi connectivity index (χ0n) is 18.0. The smallest absolute Gasteiger partial charge is 0.337 e. The highest BCUT2D eigenvalue weighted by Crippen LogP contribution is 2.24. The zero-order valence-corrected chi connectivity index (χ0v) is 18.8. The number of hydrogen-bond donors (Lipinski definition) is 2. The lowest BCUT2D eigenvalue weighted by Crippen LogP contribution is -2.27. The number of methoxy groups -OCH3 is 1. The molecule has 0 fully saturated rings. The molecule has 0 radical (unpaired) electrons. The van der Waals surface area contributed by atoms with Crippen LogP contribution in [0.1, 0.15) is 36.6 Å². The molecule has 10 heteroatoms. The van der Waals surface area contributed by atoms with Crippen molar-refractivity contribution in [1.29, 1.82) is 0 Å². The van der Waals surface area contributed by atoms with E-state index in [9.17, 15) is 24.5 Å². The Kier molecular flexibility index (Phi) is 7.94. The van der Waals surface area contributed by atoms with Gasteiger partial charge in [0.05, 0.1) is 39.4 Å². The number of nitrogens with one attached hydrogen (secondary N) is 2. The van der Waals surface area contributed by atoms with Gasteiger partial charge in [-0.15, -0.1) is 0 Å². The molecule has 0 saturated carbocycles. The molecule has 0 heterocycles. The van der Waals surface area contributed by atoms with E-state index < -0.39 is 22.7 Å². The van der Waals surface area contributed by atoms with Gasteiger partial charge >= 0.3 is 5.97 Å². The molecule has 0 aliphatic rings. The Morgan fingerprint density at radius 1 is 0.971 bits per heavy atom. The molecule has 0 aliphatic carbocycles. The van der Waals surface area contributed by atoms with E-state index >= 15 is 0 Å². The highest BCUT2D eigenvalue weighted by molar-refractivity contribution is 6.34. The quantitative estimate of drug-likeness (QED) is 0.281. The molecule has 3 aromatic carbocycles. The van der Waals surface area contributed by atoms with Crippen molar-refractivity contribution in [2.75, 3.05) is 19.0 Å². The van der Waals surface area contributed by atoms with Crippen LogP contribution in [0.4, 0.5) is 11.4 Å². The van der Waals surface area contributed by atoms with Gasteiger partial charge in [0.1, 0.15) is 0 Å². The van der Waals surface area contributed by atoms with Crippen LogP contribution in [0.15, 0.2) is 66.7 Å². The predicted octanol–water partition coefficient (Wildman–Crippen LogP) is 4.26. The van der Waals surface area contributed by atoms with Gasteiger partial charge < -0.3 is 15.4 Å². The van der Waals surface area contributed by atoms with Gasteiger partial charge in [0.15, 0.2) is 0 Å². The van der Waals surface area contributed by atoms with E-state index in [0.29, 0.717) is 18.5 Å². The second-order valence-electron chi connectivity index (χ2n) is 7.12. The van der Waals surface area contributed by atoms with Crippen molar-refractivity contribution in [3.63, 3.8) is 0 Å². The van der Waals surface area contributed by atoms with Crippen molar-refractivity contribution >= 4 is 40.8 Å². The summed E-state index contributed by atoms with van der Waals surface area (Å²) < 4.78 is 4.67. The minimum atomic E-state index is -0.610. The monoisotopic (exact) mass is 481 g/mol.